The first-order valence-electron chi connectivity index (χ1n) is 13.8. The third-order valence-electron chi connectivity index (χ3n) is 7.13. The van der Waals surface area contributed by atoms with E-state index in [1.807, 2.05) is 48.8 Å². The molecule has 11 heteroatoms. The number of hydrogen-bond donors (Lipinski definition) is 3. The van der Waals surface area contributed by atoms with Crippen LogP contribution < -0.4 is 16.0 Å². The number of amides is 1. The molecule has 4 heterocycles. The lowest BCUT2D eigenvalue weighted by molar-refractivity contribution is -0.119. The van der Waals surface area contributed by atoms with Crippen molar-refractivity contribution in [3.63, 3.8) is 0 Å². The second kappa shape index (κ2) is 12.8. The van der Waals surface area contributed by atoms with Crippen LogP contribution in [0.5, 0.6) is 0 Å². The predicted molar refractivity (Wildman–Crippen MR) is 171 cm³/mol. The summed E-state index contributed by atoms with van der Waals surface area (Å²) in [6, 6.07) is 17.9. The van der Waals surface area contributed by atoms with Gasteiger partial charge in [0.05, 0.1) is 44.9 Å². The highest BCUT2D eigenvalue weighted by molar-refractivity contribution is 7.80. The first kappa shape index (κ1) is 28.0. The molecule has 0 saturated carbocycles. The normalized spacial score (nSPS) is 13.4. The number of imidazole rings is 1. The third-order valence-corrected chi connectivity index (χ3v) is 8.51. The number of carbonyl (C=O) groups is 1. The van der Waals surface area contributed by atoms with E-state index in [1.165, 1.54) is 32.0 Å². The van der Waals surface area contributed by atoms with Gasteiger partial charge < -0.3 is 25.4 Å². The van der Waals surface area contributed by atoms with E-state index in [0.717, 1.165) is 45.1 Å². The highest BCUT2D eigenvalue weighted by atomic mass is 32.1. The third kappa shape index (κ3) is 6.81. The molecule has 0 atom stereocenters. The van der Waals surface area contributed by atoms with Gasteiger partial charge in [-0.25, -0.2) is 9.37 Å². The molecule has 3 aromatic heterocycles. The van der Waals surface area contributed by atoms with Crippen molar-refractivity contribution in [1.29, 1.82) is 0 Å². The molecule has 0 unspecified atom stereocenters. The minimum absolute atomic E-state index is 0.108. The van der Waals surface area contributed by atoms with Crippen LogP contribution in [0.15, 0.2) is 79.4 Å². The highest BCUT2D eigenvalue weighted by Gasteiger charge is 2.15. The van der Waals surface area contributed by atoms with Gasteiger partial charge in [0.15, 0.2) is 5.11 Å². The van der Waals surface area contributed by atoms with E-state index in [-0.39, 0.29) is 17.4 Å². The molecule has 3 N–H and O–H groups in total. The smallest absolute Gasteiger partial charge is 0.230 e. The maximum atomic E-state index is 15.1. The summed E-state index contributed by atoms with van der Waals surface area (Å²) < 4.78 is 18.2. The van der Waals surface area contributed by atoms with Gasteiger partial charge in [0.1, 0.15) is 5.82 Å². The second-order valence-electron chi connectivity index (χ2n) is 10.2. The summed E-state index contributed by atoms with van der Waals surface area (Å²) in [5.74, 6) is -0.708. The molecule has 1 aliphatic rings. The van der Waals surface area contributed by atoms with Gasteiger partial charge in [-0.3, -0.25) is 9.78 Å². The van der Waals surface area contributed by atoms with E-state index in [9.17, 15) is 4.79 Å². The lowest BCUT2D eigenvalue weighted by atomic mass is 10.1. The van der Waals surface area contributed by atoms with Crippen LogP contribution in [0.3, 0.4) is 0 Å². The Morgan fingerprint density at radius 2 is 1.83 bits per heavy atom. The number of thiophene rings is 1. The van der Waals surface area contributed by atoms with Gasteiger partial charge in [0.2, 0.25) is 5.91 Å². The Morgan fingerprint density at radius 1 is 1.00 bits per heavy atom. The van der Waals surface area contributed by atoms with Crippen molar-refractivity contribution >= 4 is 61.9 Å². The number of nitrogens with one attached hydrogen (secondary N) is 3. The number of carbonyl (C=O) groups excluding carboxylic acids is 1. The van der Waals surface area contributed by atoms with Crippen LogP contribution in [-0.4, -0.2) is 50.1 Å². The van der Waals surface area contributed by atoms with Gasteiger partial charge in [-0.1, -0.05) is 30.3 Å². The van der Waals surface area contributed by atoms with E-state index < -0.39 is 5.82 Å². The van der Waals surface area contributed by atoms with Gasteiger partial charge >= 0.3 is 0 Å². The van der Waals surface area contributed by atoms with E-state index in [4.69, 9.17) is 12.2 Å². The fourth-order valence-electron chi connectivity index (χ4n) is 4.99. The number of aromatic nitrogens is 3. The number of rotatable bonds is 9. The standard InChI is InChI=1S/C31H30FN7OS2/c32-23-17-22(35-31(41)37-29(40)16-21-6-2-1-3-7-21)8-9-24(23)36-25-10-11-33-26-18-28(42-30(25)26)27-19-39(20-34-27)15-14-38-12-4-5-13-38/h1-3,6-11,17-20H,4-5,12-16H2,(H,33,36)(H2,35,37,40,41). The molecule has 1 fully saturated rings. The van der Waals surface area contributed by atoms with Crippen LogP contribution in [0.2, 0.25) is 0 Å². The Balaban J connectivity index is 1.10. The molecule has 0 spiro atoms. The number of pyridine rings is 1. The van der Waals surface area contributed by atoms with Crippen LogP contribution >= 0.6 is 23.6 Å². The van der Waals surface area contributed by atoms with Crippen molar-refractivity contribution in [2.75, 3.05) is 30.3 Å². The average molecular weight is 600 g/mol. The number of hydrogen-bond acceptors (Lipinski definition) is 7. The Labute approximate surface area is 252 Å². The average Bonchev–Trinajstić information content (AvgIpc) is 3.75. The molecule has 1 amide bonds. The summed E-state index contributed by atoms with van der Waals surface area (Å²) in [5.41, 5.74) is 4.11. The Bertz CT molecular complexity index is 1710. The van der Waals surface area contributed by atoms with Gasteiger partial charge in [-0.15, -0.1) is 11.3 Å². The summed E-state index contributed by atoms with van der Waals surface area (Å²) >= 11 is 6.82. The first-order chi connectivity index (χ1) is 20.5. The zero-order chi connectivity index (χ0) is 28.9. The number of likely N-dealkylation sites (tertiary alicyclic amines) is 1. The maximum Gasteiger partial charge on any atom is 0.230 e. The molecule has 5 aromatic rings. The number of nitrogens with zero attached hydrogens (tertiary/aromatic N) is 4. The molecule has 6 rings (SSSR count). The van der Waals surface area contributed by atoms with Crippen molar-refractivity contribution in [1.82, 2.24) is 24.8 Å². The topological polar surface area (TPSA) is 87.1 Å². The fourth-order valence-corrected chi connectivity index (χ4v) is 6.27. The van der Waals surface area contributed by atoms with Crippen molar-refractivity contribution in [3.05, 3.63) is 90.8 Å². The zero-order valence-corrected chi connectivity index (χ0v) is 24.5. The molecule has 1 aliphatic heterocycles. The summed E-state index contributed by atoms with van der Waals surface area (Å²) in [4.78, 5) is 24.9. The highest BCUT2D eigenvalue weighted by Crippen LogP contribution is 2.37. The zero-order valence-electron chi connectivity index (χ0n) is 22.8. The summed E-state index contributed by atoms with van der Waals surface area (Å²) in [6.45, 7) is 4.31. The van der Waals surface area contributed by atoms with Crippen molar-refractivity contribution in [2.45, 2.75) is 25.8 Å². The molecule has 214 valence electrons. The quantitative estimate of drug-likeness (QED) is 0.174. The number of anilines is 3. The number of halogens is 1. The van der Waals surface area contributed by atoms with E-state index in [2.05, 4.69) is 41.6 Å². The van der Waals surface area contributed by atoms with Crippen LogP contribution in [-0.2, 0) is 17.8 Å². The van der Waals surface area contributed by atoms with Gasteiger partial charge in [0, 0.05) is 31.2 Å². The summed E-state index contributed by atoms with van der Waals surface area (Å²) in [5, 5.41) is 8.84. The lowest BCUT2D eigenvalue weighted by Gasteiger charge is -2.14. The largest absolute Gasteiger partial charge is 0.352 e. The summed E-state index contributed by atoms with van der Waals surface area (Å²) in [6.07, 6.45) is 8.44. The van der Waals surface area contributed by atoms with E-state index >= 15 is 4.39 Å². The molecule has 1 saturated heterocycles. The number of thiocarbonyl (C=S) groups is 1. The monoisotopic (exact) mass is 599 g/mol. The number of fused-ring (bicyclic) bond motifs is 1. The second-order valence-corrected chi connectivity index (χ2v) is 11.7. The van der Waals surface area contributed by atoms with Crippen molar-refractivity contribution in [3.8, 4) is 10.6 Å². The van der Waals surface area contributed by atoms with E-state index in [0.29, 0.717) is 11.4 Å². The molecular formula is C31H30FN7OS2. The molecule has 0 radical (unpaired) electrons. The molecule has 2 aromatic carbocycles. The molecular weight excluding hydrogens is 570 g/mol. The molecule has 0 aliphatic carbocycles. The van der Waals surface area contributed by atoms with Crippen LogP contribution in [0.25, 0.3) is 20.8 Å². The molecule has 42 heavy (non-hydrogen) atoms. The van der Waals surface area contributed by atoms with E-state index in [1.54, 1.807) is 29.7 Å². The molecule has 0 bridgehead atoms. The van der Waals surface area contributed by atoms with Crippen LogP contribution in [0, 0.1) is 5.82 Å². The predicted octanol–water partition coefficient (Wildman–Crippen LogP) is 6.19. The van der Waals surface area contributed by atoms with Crippen LogP contribution in [0.1, 0.15) is 18.4 Å². The Morgan fingerprint density at radius 3 is 2.64 bits per heavy atom. The minimum atomic E-state index is -0.461. The van der Waals surface area contributed by atoms with Crippen molar-refractivity contribution < 1.29 is 9.18 Å². The maximum absolute atomic E-state index is 15.1. The lowest BCUT2D eigenvalue weighted by Crippen LogP contribution is -2.35. The van der Waals surface area contributed by atoms with Gasteiger partial charge in [-0.2, -0.15) is 0 Å². The van der Waals surface area contributed by atoms with Gasteiger partial charge in [0.25, 0.3) is 0 Å². The van der Waals surface area contributed by atoms with Crippen LogP contribution in [0.4, 0.5) is 21.5 Å². The van der Waals surface area contributed by atoms with Crippen molar-refractivity contribution in [2.24, 2.45) is 0 Å². The Kier molecular flexibility index (Phi) is 8.50. The Hall–Kier alpha value is -4.19. The molecule has 8 nitrogen and oxygen atoms in total. The van der Waals surface area contributed by atoms with Gasteiger partial charge in [-0.05, 0) is 74.0 Å². The minimum Gasteiger partial charge on any atom is -0.352 e. The SMILES string of the molecule is O=C(Cc1ccccc1)NC(=S)Nc1ccc(Nc2ccnc3cc(-c4cn(CCN5CCCC5)cn4)sc23)c(F)c1. The fraction of sp³-hybridized carbons (Fsp3) is 0.226. The summed E-state index contributed by atoms with van der Waals surface area (Å²) in [7, 11) is 0. The first-order valence-corrected chi connectivity index (χ1v) is 15.1. The number of benzene rings is 2.